The quantitative estimate of drug-likeness (QED) is 0.910. The zero-order chi connectivity index (χ0) is 13.0. The SMILES string of the molecule is COc1ccc(C(N)CC2CCSCC2)cc1F. The highest BCUT2D eigenvalue weighted by molar-refractivity contribution is 7.99. The second kappa shape index (κ2) is 6.43. The van der Waals surface area contributed by atoms with E-state index in [4.69, 9.17) is 10.5 Å². The maximum atomic E-state index is 13.6. The molecular weight excluding hydrogens is 249 g/mol. The lowest BCUT2D eigenvalue weighted by molar-refractivity contribution is 0.383. The molecule has 1 atom stereocenters. The summed E-state index contributed by atoms with van der Waals surface area (Å²) in [5.74, 6) is 3.10. The molecule has 1 aliphatic heterocycles. The van der Waals surface area contributed by atoms with Gasteiger partial charge in [-0.2, -0.15) is 11.8 Å². The van der Waals surface area contributed by atoms with Crippen LogP contribution in [0.25, 0.3) is 0 Å². The summed E-state index contributed by atoms with van der Waals surface area (Å²) in [4.78, 5) is 0. The number of benzene rings is 1. The first-order valence-corrected chi connectivity index (χ1v) is 7.53. The molecule has 4 heteroatoms. The third kappa shape index (κ3) is 3.39. The minimum absolute atomic E-state index is 0.0708. The second-order valence-electron chi connectivity index (χ2n) is 4.79. The molecule has 1 unspecified atom stereocenters. The van der Waals surface area contributed by atoms with Gasteiger partial charge in [0.05, 0.1) is 7.11 Å². The first-order valence-electron chi connectivity index (χ1n) is 6.37. The van der Waals surface area contributed by atoms with Gasteiger partial charge in [-0.05, 0) is 54.4 Å². The summed E-state index contributed by atoms with van der Waals surface area (Å²) in [6, 6.07) is 4.95. The van der Waals surface area contributed by atoms with E-state index in [0.29, 0.717) is 5.92 Å². The number of hydrogen-bond donors (Lipinski definition) is 1. The molecule has 0 spiro atoms. The van der Waals surface area contributed by atoms with Crippen molar-refractivity contribution in [2.45, 2.75) is 25.3 Å². The molecule has 1 heterocycles. The Bertz CT molecular complexity index is 393. The highest BCUT2D eigenvalue weighted by Crippen LogP contribution is 2.31. The number of halogens is 1. The Morgan fingerprint density at radius 2 is 2.17 bits per heavy atom. The largest absolute Gasteiger partial charge is 0.494 e. The minimum Gasteiger partial charge on any atom is -0.494 e. The number of thioether (sulfide) groups is 1. The third-order valence-corrected chi connectivity index (χ3v) is 4.58. The van der Waals surface area contributed by atoms with Gasteiger partial charge in [0, 0.05) is 6.04 Å². The summed E-state index contributed by atoms with van der Waals surface area (Å²) in [5, 5.41) is 0. The Morgan fingerprint density at radius 3 is 2.78 bits per heavy atom. The number of methoxy groups -OCH3 is 1. The van der Waals surface area contributed by atoms with Gasteiger partial charge in [-0.1, -0.05) is 6.07 Å². The van der Waals surface area contributed by atoms with Gasteiger partial charge in [0.2, 0.25) is 0 Å². The number of rotatable bonds is 4. The molecule has 0 bridgehead atoms. The van der Waals surface area contributed by atoms with Crippen molar-refractivity contribution in [2.24, 2.45) is 11.7 Å². The maximum Gasteiger partial charge on any atom is 0.165 e. The van der Waals surface area contributed by atoms with Crippen LogP contribution < -0.4 is 10.5 Å². The lowest BCUT2D eigenvalue weighted by atomic mass is 9.91. The molecule has 1 saturated heterocycles. The van der Waals surface area contributed by atoms with Crippen molar-refractivity contribution in [1.82, 2.24) is 0 Å². The van der Waals surface area contributed by atoms with Crippen LogP contribution >= 0.6 is 11.8 Å². The monoisotopic (exact) mass is 269 g/mol. The van der Waals surface area contributed by atoms with E-state index in [-0.39, 0.29) is 17.6 Å². The molecule has 0 saturated carbocycles. The van der Waals surface area contributed by atoms with Crippen molar-refractivity contribution in [3.8, 4) is 5.75 Å². The van der Waals surface area contributed by atoms with Crippen LogP contribution in [0.1, 0.15) is 30.9 Å². The summed E-state index contributed by atoms with van der Waals surface area (Å²) >= 11 is 2.01. The minimum atomic E-state index is -0.329. The summed E-state index contributed by atoms with van der Waals surface area (Å²) in [6.07, 6.45) is 3.42. The molecule has 0 aromatic heterocycles. The van der Waals surface area contributed by atoms with Crippen LogP contribution in [0, 0.1) is 11.7 Å². The van der Waals surface area contributed by atoms with Gasteiger partial charge in [0.1, 0.15) is 0 Å². The number of ether oxygens (including phenoxy) is 1. The first kappa shape index (κ1) is 13.7. The Balaban J connectivity index is 1.99. The van der Waals surface area contributed by atoms with Gasteiger partial charge in [0.25, 0.3) is 0 Å². The predicted molar refractivity (Wildman–Crippen MR) is 74.5 cm³/mol. The first-order chi connectivity index (χ1) is 8.70. The van der Waals surface area contributed by atoms with Crippen LogP contribution in [-0.2, 0) is 0 Å². The molecule has 2 N–H and O–H groups in total. The van der Waals surface area contributed by atoms with Gasteiger partial charge >= 0.3 is 0 Å². The van der Waals surface area contributed by atoms with Crippen molar-refractivity contribution in [3.05, 3.63) is 29.6 Å². The summed E-state index contributed by atoms with van der Waals surface area (Å²) < 4.78 is 18.5. The highest BCUT2D eigenvalue weighted by atomic mass is 32.2. The molecule has 2 nitrogen and oxygen atoms in total. The molecule has 1 aromatic rings. The molecule has 0 amide bonds. The molecule has 0 aliphatic carbocycles. The Morgan fingerprint density at radius 1 is 1.44 bits per heavy atom. The van der Waals surface area contributed by atoms with Gasteiger partial charge in [-0.3, -0.25) is 0 Å². The Hall–Kier alpha value is -0.740. The van der Waals surface area contributed by atoms with E-state index in [9.17, 15) is 4.39 Å². The van der Waals surface area contributed by atoms with Crippen LogP contribution in [0.15, 0.2) is 18.2 Å². The molecular formula is C14H20FNOS. The van der Waals surface area contributed by atoms with Crippen molar-refractivity contribution >= 4 is 11.8 Å². The Kier molecular flexibility index (Phi) is 4.89. The van der Waals surface area contributed by atoms with Crippen LogP contribution in [0.4, 0.5) is 4.39 Å². The van der Waals surface area contributed by atoms with E-state index < -0.39 is 0 Å². The van der Waals surface area contributed by atoms with Crippen molar-refractivity contribution in [3.63, 3.8) is 0 Å². The molecule has 1 aliphatic rings. The summed E-state index contributed by atoms with van der Waals surface area (Å²) in [7, 11) is 1.47. The summed E-state index contributed by atoms with van der Waals surface area (Å²) in [6.45, 7) is 0. The zero-order valence-electron chi connectivity index (χ0n) is 10.7. The van der Waals surface area contributed by atoms with E-state index in [1.807, 2.05) is 17.8 Å². The van der Waals surface area contributed by atoms with Crippen LogP contribution in [0.2, 0.25) is 0 Å². The average Bonchev–Trinajstić information content (AvgIpc) is 2.39. The van der Waals surface area contributed by atoms with Gasteiger partial charge in [-0.25, -0.2) is 4.39 Å². The van der Waals surface area contributed by atoms with Crippen molar-refractivity contribution in [1.29, 1.82) is 0 Å². The highest BCUT2D eigenvalue weighted by Gasteiger charge is 2.18. The van der Waals surface area contributed by atoms with E-state index in [1.165, 1.54) is 37.5 Å². The molecule has 1 aromatic carbocycles. The topological polar surface area (TPSA) is 35.2 Å². The smallest absolute Gasteiger partial charge is 0.165 e. The fourth-order valence-corrected chi connectivity index (χ4v) is 3.59. The molecule has 2 rings (SSSR count). The van der Waals surface area contributed by atoms with Gasteiger partial charge in [-0.15, -0.1) is 0 Å². The fourth-order valence-electron chi connectivity index (χ4n) is 2.39. The van der Waals surface area contributed by atoms with Crippen LogP contribution in [-0.4, -0.2) is 18.6 Å². The predicted octanol–water partition coefficient (Wildman–Crippen LogP) is 3.37. The molecule has 100 valence electrons. The molecule has 18 heavy (non-hydrogen) atoms. The molecule has 0 radical (unpaired) electrons. The number of nitrogens with two attached hydrogens (primary N) is 1. The van der Waals surface area contributed by atoms with Crippen LogP contribution in [0.5, 0.6) is 5.75 Å². The van der Waals surface area contributed by atoms with Crippen molar-refractivity contribution in [2.75, 3.05) is 18.6 Å². The fraction of sp³-hybridized carbons (Fsp3) is 0.571. The van der Waals surface area contributed by atoms with E-state index in [1.54, 1.807) is 6.07 Å². The van der Waals surface area contributed by atoms with E-state index in [0.717, 1.165) is 12.0 Å². The zero-order valence-corrected chi connectivity index (χ0v) is 11.5. The maximum absolute atomic E-state index is 13.6. The van der Waals surface area contributed by atoms with E-state index >= 15 is 0 Å². The standard InChI is InChI=1S/C14H20FNOS/c1-17-14-3-2-11(9-12(14)15)13(16)8-10-4-6-18-7-5-10/h2-3,9-10,13H,4-8,16H2,1H3. The number of hydrogen-bond acceptors (Lipinski definition) is 3. The summed E-state index contributed by atoms with van der Waals surface area (Å²) in [5.41, 5.74) is 7.04. The third-order valence-electron chi connectivity index (χ3n) is 3.53. The second-order valence-corrected chi connectivity index (χ2v) is 6.02. The van der Waals surface area contributed by atoms with Gasteiger partial charge < -0.3 is 10.5 Å². The van der Waals surface area contributed by atoms with Crippen molar-refractivity contribution < 1.29 is 9.13 Å². The Labute approximate surface area is 112 Å². The lowest BCUT2D eigenvalue weighted by Gasteiger charge is -2.24. The van der Waals surface area contributed by atoms with Gasteiger partial charge in [0.15, 0.2) is 11.6 Å². The van der Waals surface area contributed by atoms with E-state index in [2.05, 4.69) is 0 Å². The lowest BCUT2D eigenvalue weighted by Crippen LogP contribution is -2.19. The normalized spacial score (nSPS) is 18.6. The van der Waals surface area contributed by atoms with Crippen LogP contribution in [0.3, 0.4) is 0 Å². The molecule has 1 fully saturated rings. The average molecular weight is 269 g/mol.